The molecule has 2 aliphatic heterocycles. The Bertz CT molecular complexity index is 1220. The second kappa shape index (κ2) is 10.5. The molecule has 0 aliphatic carbocycles. The summed E-state index contributed by atoms with van der Waals surface area (Å²) in [6.45, 7) is 10.1. The van der Waals surface area contributed by atoms with E-state index in [1.165, 1.54) is 0 Å². The molecule has 2 aromatic carbocycles. The lowest BCUT2D eigenvalue weighted by Crippen LogP contribution is -2.59. The minimum Gasteiger partial charge on any atom is -0.480 e. The third kappa shape index (κ3) is 5.76. The average molecular weight is 553 g/mol. The van der Waals surface area contributed by atoms with Crippen molar-refractivity contribution in [1.29, 1.82) is 0 Å². The number of hydrogen-bond donors (Lipinski definition) is 2. The summed E-state index contributed by atoms with van der Waals surface area (Å²) >= 11 is 0. The Kier molecular flexibility index (Phi) is 7.58. The number of benzene rings is 2. The first-order chi connectivity index (χ1) is 18.6. The number of amides is 2. The highest BCUT2D eigenvalue weighted by Gasteiger charge is 2.54. The minimum atomic E-state index is -1.47. The second-order valence-electron chi connectivity index (χ2n) is 12.2. The molecule has 0 aromatic heterocycles. The molecule has 2 aromatic rings. The van der Waals surface area contributed by atoms with E-state index in [2.05, 4.69) is 0 Å². The molecule has 10 nitrogen and oxygen atoms in total. The van der Waals surface area contributed by atoms with E-state index >= 15 is 0 Å². The Balaban J connectivity index is 1.95. The van der Waals surface area contributed by atoms with E-state index < -0.39 is 59.2 Å². The van der Waals surface area contributed by atoms with Crippen LogP contribution in [0.1, 0.15) is 75.6 Å². The monoisotopic (exact) mass is 552 g/mol. The second-order valence-corrected chi connectivity index (χ2v) is 12.2. The largest absolute Gasteiger partial charge is 0.480 e. The first kappa shape index (κ1) is 28.9. The van der Waals surface area contributed by atoms with Gasteiger partial charge in [0.1, 0.15) is 23.3 Å². The van der Waals surface area contributed by atoms with Crippen molar-refractivity contribution in [3.8, 4) is 0 Å². The number of ether oxygens (including phenoxy) is 2. The summed E-state index contributed by atoms with van der Waals surface area (Å²) in [5, 5.41) is 21.2. The summed E-state index contributed by atoms with van der Waals surface area (Å²) in [6, 6.07) is 11.2. The van der Waals surface area contributed by atoms with Crippen molar-refractivity contribution >= 4 is 24.1 Å². The Morgan fingerprint density at radius 3 is 1.27 bits per heavy atom. The van der Waals surface area contributed by atoms with E-state index in [9.17, 15) is 29.4 Å². The molecular weight excluding hydrogens is 516 g/mol. The van der Waals surface area contributed by atoms with Gasteiger partial charge in [0.25, 0.3) is 0 Å². The molecule has 4 atom stereocenters. The van der Waals surface area contributed by atoms with Gasteiger partial charge in [-0.1, -0.05) is 48.5 Å². The number of carbonyl (C=O) groups is 4. The molecule has 0 bridgehead atoms. The topological polar surface area (TPSA) is 134 Å². The molecule has 0 fully saturated rings. The number of aliphatic carboxylic acids is 2. The maximum atomic E-state index is 13.4. The van der Waals surface area contributed by atoms with Crippen LogP contribution < -0.4 is 0 Å². The van der Waals surface area contributed by atoms with Crippen molar-refractivity contribution in [3.63, 3.8) is 0 Å². The van der Waals surface area contributed by atoms with E-state index in [0.29, 0.717) is 22.3 Å². The van der Waals surface area contributed by atoms with Crippen LogP contribution in [0.4, 0.5) is 9.59 Å². The number of nitrogens with zero attached hydrogens (tertiary/aromatic N) is 2. The Hall–Kier alpha value is -4.08. The van der Waals surface area contributed by atoms with Gasteiger partial charge in [-0.05, 0) is 63.8 Å². The van der Waals surface area contributed by atoms with Crippen LogP contribution in [0.25, 0.3) is 0 Å². The number of carboxylic acids is 2. The van der Waals surface area contributed by atoms with Crippen molar-refractivity contribution in [3.05, 3.63) is 70.8 Å². The van der Waals surface area contributed by atoms with Crippen molar-refractivity contribution in [2.75, 3.05) is 0 Å². The van der Waals surface area contributed by atoms with Crippen LogP contribution in [0.2, 0.25) is 0 Å². The lowest BCUT2D eigenvalue weighted by atomic mass is 9.67. The summed E-state index contributed by atoms with van der Waals surface area (Å²) in [4.78, 5) is 55.1. The SMILES string of the molecule is CC(C)(C)OC(=O)N1Cc2ccccc2[C@H]([C@@H]2c3ccccc3CN(C(=O)OC(C)(C)C)[C@H]2C(=O)O)[C@H]1C(=O)O. The van der Waals surface area contributed by atoms with Gasteiger partial charge in [-0.15, -0.1) is 0 Å². The fourth-order valence-electron chi connectivity index (χ4n) is 5.65. The normalized spacial score (nSPS) is 22.6. The summed E-state index contributed by atoms with van der Waals surface area (Å²) < 4.78 is 11.2. The molecule has 0 spiro atoms. The van der Waals surface area contributed by atoms with Gasteiger partial charge in [0.05, 0.1) is 13.1 Å². The van der Waals surface area contributed by atoms with Gasteiger partial charge in [0.2, 0.25) is 0 Å². The molecule has 214 valence electrons. The molecular formula is C30H36N2O8. The number of hydrogen-bond acceptors (Lipinski definition) is 6. The summed E-state index contributed by atoms with van der Waals surface area (Å²) in [5.41, 5.74) is 0.778. The van der Waals surface area contributed by atoms with Gasteiger partial charge in [0, 0.05) is 11.8 Å². The smallest absolute Gasteiger partial charge is 0.411 e. The van der Waals surface area contributed by atoms with Crippen LogP contribution in [-0.2, 0) is 32.2 Å². The van der Waals surface area contributed by atoms with Crippen LogP contribution in [0.15, 0.2) is 48.5 Å². The summed E-state index contributed by atoms with van der Waals surface area (Å²) in [7, 11) is 0. The predicted octanol–water partition coefficient (Wildman–Crippen LogP) is 4.96. The third-order valence-electron chi connectivity index (χ3n) is 7.01. The zero-order valence-corrected chi connectivity index (χ0v) is 23.6. The quantitative estimate of drug-likeness (QED) is 0.546. The molecule has 4 rings (SSSR count). The maximum absolute atomic E-state index is 13.4. The molecule has 0 saturated heterocycles. The van der Waals surface area contributed by atoms with Gasteiger partial charge >= 0.3 is 24.1 Å². The number of carboxylic acid groups (broad SMARTS) is 2. The molecule has 2 amide bonds. The Labute approximate surface area is 233 Å². The van der Waals surface area contributed by atoms with E-state index in [-0.39, 0.29) is 13.1 Å². The highest BCUT2D eigenvalue weighted by atomic mass is 16.6. The Morgan fingerprint density at radius 2 is 0.975 bits per heavy atom. The standard InChI is InChI=1S/C30H36N2O8/c1-29(2,3)39-27(37)31-15-17-11-7-9-13-19(17)21(23(31)25(33)34)22-20-14-10-8-12-18(20)16-32(24(22)26(35)36)28(38)40-30(4,5)6/h7-14,21-24H,15-16H2,1-6H3,(H,33,34)(H,35,36)/t21-,22+,23+,24-. The number of rotatable bonds is 3. The molecule has 10 heteroatoms. The van der Waals surface area contributed by atoms with Crippen LogP contribution >= 0.6 is 0 Å². The van der Waals surface area contributed by atoms with Crippen LogP contribution in [0.5, 0.6) is 0 Å². The summed E-state index contributed by atoms with van der Waals surface area (Å²) in [6.07, 6.45) is -1.64. The van der Waals surface area contributed by atoms with E-state index in [4.69, 9.17) is 9.47 Å². The van der Waals surface area contributed by atoms with Crippen LogP contribution in [-0.4, -0.2) is 67.4 Å². The fraction of sp³-hybridized carbons (Fsp3) is 0.467. The zero-order valence-electron chi connectivity index (χ0n) is 23.6. The fourth-order valence-corrected chi connectivity index (χ4v) is 5.65. The summed E-state index contributed by atoms with van der Waals surface area (Å²) in [5.74, 6) is -4.66. The minimum absolute atomic E-state index is 0.0273. The third-order valence-corrected chi connectivity index (χ3v) is 7.01. The molecule has 0 saturated carbocycles. The van der Waals surface area contributed by atoms with Gasteiger partial charge in [-0.3, -0.25) is 9.80 Å². The first-order valence-electron chi connectivity index (χ1n) is 13.2. The van der Waals surface area contributed by atoms with Crippen molar-refractivity contribution < 1.29 is 38.9 Å². The highest BCUT2D eigenvalue weighted by molar-refractivity contribution is 5.85. The average Bonchev–Trinajstić information content (AvgIpc) is 2.84. The number of fused-ring (bicyclic) bond motifs is 2. The van der Waals surface area contributed by atoms with Crippen molar-refractivity contribution in [2.45, 2.75) is 89.8 Å². The zero-order chi connectivity index (χ0) is 29.6. The molecule has 2 heterocycles. The molecule has 0 unspecified atom stereocenters. The van der Waals surface area contributed by atoms with Gasteiger partial charge in [-0.25, -0.2) is 19.2 Å². The van der Waals surface area contributed by atoms with Gasteiger partial charge < -0.3 is 19.7 Å². The Morgan fingerprint density at radius 1 is 0.650 bits per heavy atom. The van der Waals surface area contributed by atoms with Gasteiger partial charge in [0.15, 0.2) is 0 Å². The van der Waals surface area contributed by atoms with Crippen LogP contribution in [0, 0.1) is 0 Å². The molecule has 2 N–H and O–H groups in total. The van der Waals surface area contributed by atoms with E-state index in [1.54, 1.807) is 90.1 Å². The lowest BCUT2D eigenvalue weighted by Gasteiger charge is -2.48. The predicted molar refractivity (Wildman–Crippen MR) is 145 cm³/mol. The molecule has 2 aliphatic rings. The van der Waals surface area contributed by atoms with Gasteiger partial charge in [-0.2, -0.15) is 0 Å². The maximum Gasteiger partial charge on any atom is 0.411 e. The first-order valence-corrected chi connectivity index (χ1v) is 13.2. The van der Waals surface area contributed by atoms with Crippen LogP contribution in [0.3, 0.4) is 0 Å². The highest BCUT2D eigenvalue weighted by Crippen LogP contribution is 2.49. The number of carbonyl (C=O) groups excluding carboxylic acids is 2. The molecule has 0 radical (unpaired) electrons. The van der Waals surface area contributed by atoms with Crippen molar-refractivity contribution in [2.24, 2.45) is 0 Å². The van der Waals surface area contributed by atoms with E-state index in [1.807, 2.05) is 0 Å². The molecule has 40 heavy (non-hydrogen) atoms. The lowest BCUT2D eigenvalue weighted by molar-refractivity contribution is -0.149. The van der Waals surface area contributed by atoms with E-state index in [0.717, 1.165) is 9.80 Å². The van der Waals surface area contributed by atoms with Crippen molar-refractivity contribution in [1.82, 2.24) is 9.80 Å².